The maximum Gasteiger partial charge on any atom is 0.272 e. The van der Waals surface area contributed by atoms with Crippen LogP contribution in [-0.4, -0.2) is 22.2 Å². The van der Waals surface area contributed by atoms with Crippen molar-refractivity contribution in [2.45, 2.75) is 0 Å². The summed E-state index contributed by atoms with van der Waals surface area (Å²) in [6.07, 6.45) is 4.52. The average Bonchev–Trinajstić information content (AvgIpc) is 2.45. The highest BCUT2D eigenvalue weighted by molar-refractivity contribution is 9.11. The van der Waals surface area contributed by atoms with Crippen LogP contribution in [0.25, 0.3) is 0 Å². The summed E-state index contributed by atoms with van der Waals surface area (Å²) < 4.78 is 1.07. The zero-order valence-electron chi connectivity index (χ0n) is 10.0. The predicted octanol–water partition coefficient (Wildman–Crippen LogP) is 3.08. The number of hydrazone groups is 1. The molecule has 5 nitrogen and oxygen atoms in total. The molecule has 0 aliphatic rings. The molecule has 2 aromatic rings. The fraction of sp³-hybridized carbons (Fsp3) is 0. The van der Waals surface area contributed by atoms with Gasteiger partial charge in [-0.2, -0.15) is 5.10 Å². The summed E-state index contributed by atoms with van der Waals surface area (Å²) in [5.74, 6) is -0.229. The molecule has 0 spiro atoms. The number of aromatic nitrogens is 1. The van der Waals surface area contributed by atoms with Crippen molar-refractivity contribution in [2.24, 2.45) is 5.10 Å². The molecule has 0 bridgehead atoms. The van der Waals surface area contributed by atoms with Crippen molar-refractivity contribution in [3.8, 4) is 5.75 Å². The first-order valence-electron chi connectivity index (χ1n) is 5.49. The van der Waals surface area contributed by atoms with Crippen molar-refractivity contribution in [3.05, 3.63) is 56.7 Å². The first-order chi connectivity index (χ1) is 9.58. The van der Waals surface area contributed by atoms with E-state index in [-0.39, 0.29) is 11.7 Å². The molecule has 2 rings (SSSR count). The molecule has 0 radical (unpaired) electrons. The Morgan fingerprint density at radius 1 is 1.35 bits per heavy atom. The van der Waals surface area contributed by atoms with Gasteiger partial charge in [0.05, 0.1) is 20.7 Å². The summed E-state index contributed by atoms with van der Waals surface area (Å²) in [4.78, 5) is 15.6. The van der Waals surface area contributed by atoms with E-state index in [2.05, 4.69) is 47.4 Å². The summed E-state index contributed by atoms with van der Waals surface area (Å²) in [6.45, 7) is 0. The Balaban J connectivity index is 2.06. The Hall–Kier alpha value is -1.73. The number of phenolic OH excluding ortho intramolecular Hbond substituents is 1. The molecule has 1 amide bonds. The number of nitrogens with one attached hydrogen (secondary N) is 1. The van der Waals surface area contributed by atoms with Crippen LogP contribution in [0.1, 0.15) is 15.9 Å². The number of halogens is 2. The van der Waals surface area contributed by atoms with Gasteiger partial charge in [0.25, 0.3) is 5.91 Å². The maximum absolute atomic E-state index is 11.7. The van der Waals surface area contributed by atoms with Gasteiger partial charge in [0.2, 0.25) is 0 Å². The normalized spacial score (nSPS) is 10.7. The summed E-state index contributed by atoms with van der Waals surface area (Å²) >= 11 is 6.43. The number of carbonyl (C=O) groups is 1. The SMILES string of the molecule is O=C(N/N=C\c1cc(Br)c(O)c(Br)c1)c1cccnc1. The van der Waals surface area contributed by atoms with Crippen LogP contribution in [-0.2, 0) is 0 Å². The van der Waals surface area contributed by atoms with Gasteiger partial charge in [-0.05, 0) is 61.7 Å². The first kappa shape index (κ1) is 14.7. The zero-order chi connectivity index (χ0) is 14.5. The number of phenols is 1. The van der Waals surface area contributed by atoms with Crippen molar-refractivity contribution >= 4 is 44.0 Å². The number of rotatable bonds is 3. The van der Waals surface area contributed by atoms with Crippen LogP contribution in [0.5, 0.6) is 5.75 Å². The Morgan fingerprint density at radius 3 is 2.65 bits per heavy atom. The number of nitrogens with zero attached hydrogens (tertiary/aromatic N) is 2. The second-order valence-corrected chi connectivity index (χ2v) is 5.48. The highest BCUT2D eigenvalue weighted by Crippen LogP contribution is 2.32. The van der Waals surface area contributed by atoms with Crippen LogP contribution in [0.2, 0.25) is 0 Å². The molecule has 1 aromatic carbocycles. The van der Waals surface area contributed by atoms with E-state index in [0.29, 0.717) is 20.1 Å². The molecule has 0 unspecified atom stereocenters. The van der Waals surface area contributed by atoms with Gasteiger partial charge in [0.1, 0.15) is 5.75 Å². The lowest BCUT2D eigenvalue weighted by molar-refractivity contribution is 0.0955. The van der Waals surface area contributed by atoms with Crippen LogP contribution in [0.4, 0.5) is 0 Å². The van der Waals surface area contributed by atoms with Crippen molar-refractivity contribution in [1.29, 1.82) is 0 Å². The van der Waals surface area contributed by atoms with Crippen LogP contribution >= 0.6 is 31.9 Å². The minimum absolute atomic E-state index is 0.113. The van der Waals surface area contributed by atoms with E-state index in [1.54, 1.807) is 30.5 Å². The Bertz CT molecular complexity index is 637. The molecule has 0 aliphatic carbocycles. The molecular formula is C13H9Br2N3O2. The quantitative estimate of drug-likeness (QED) is 0.616. The molecule has 2 N–H and O–H groups in total. The molecule has 20 heavy (non-hydrogen) atoms. The van der Waals surface area contributed by atoms with Gasteiger partial charge in [-0.15, -0.1) is 0 Å². The number of benzene rings is 1. The van der Waals surface area contributed by atoms with Crippen molar-refractivity contribution < 1.29 is 9.90 Å². The zero-order valence-corrected chi connectivity index (χ0v) is 13.2. The van der Waals surface area contributed by atoms with E-state index >= 15 is 0 Å². The molecule has 0 atom stereocenters. The fourth-order valence-electron chi connectivity index (χ4n) is 1.39. The number of carbonyl (C=O) groups excluding carboxylic acids is 1. The van der Waals surface area contributed by atoms with Crippen molar-refractivity contribution in [2.75, 3.05) is 0 Å². The third kappa shape index (κ3) is 3.64. The maximum atomic E-state index is 11.7. The molecule has 7 heteroatoms. The molecule has 0 saturated carbocycles. The third-order valence-corrected chi connectivity index (χ3v) is 3.55. The minimum atomic E-state index is -0.341. The first-order valence-corrected chi connectivity index (χ1v) is 7.08. The average molecular weight is 399 g/mol. The number of pyridine rings is 1. The summed E-state index contributed by atoms with van der Waals surface area (Å²) in [6, 6.07) is 6.68. The molecule has 0 fully saturated rings. The standard InChI is InChI=1S/C13H9Br2N3O2/c14-10-4-8(5-11(15)12(10)19)6-17-18-13(20)9-2-1-3-16-7-9/h1-7,19H,(H,18,20)/b17-6-. The molecule has 1 heterocycles. The summed E-state index contributed by atoms with van der Waals surface area (Å²) in [5.41, 5.74) is 3.54. The highest BCUT2D eigenvalue weighted by Gasteiger charge is 2.05. The van der Waals surface area contributed by atoms with E-state index in [0.717, 1.165) is 0 Å². The van der Waals surface area contributed by atoms with Crippen molar-refractivity contribution in [3.63, 3.8) is 0 Å². The van der Waals surface area contributed by atoms with E-state index in [1.807, 2.05) is 0 Å². The largest absolute Gasteiger partial charge is 0.506 e. The Kier molecular flexibility index (Phi) is 4.86. The predicted molar refractivity (Wildman–Crippen MR) is 82.8 cm³/mol. The molecular weight excluding hydrogens is 390 g/mol. The molecule has 1 aromatic heterocycles. The molecule has 102 valence electrons. The van der Waals surface area contributed by atoms with Crippen molar-refractivity contribution in [1.82, 2.24) is 10.4 Å². The van der Waals surface area contributed by atoms with Gasteiger partial charge in [0, 0.05) is 12.4 Å². The molecule has 0 saturated heterocycles. The van der Waals surface area contributed by atoms with E-state index in [9.17, 15) is 9.90 Å². The van der Waals surface area contributed by atoms with Gasteiger partial charge >= 0.3 is 0 Å². The van der Waals surface area contributed by atoms with Crippen LogP contribution in [0.3, 0.4) is 0 Å². The summed E-state index contributed by atoms with van der Waals surface area (Å²) in [7, 11) is 0. The smallest absolute Gasteiger partial charge is 0.272 e. The third-order valence-electron chi connectivity index (χ3n) is 2.34. The number of hydrogen-bond acceptors (Lipinski definition) is 4. The Labute approximate surface area is 132 Å². The van der Waals surface area contributed by atoms with E-state index < -0.39 is 0 Å². The monoisotopic (exact) mass is 397 g/mol. The lowest BCUT2D eigenvalue weighted by Gasteiger charge is -2.02. The minimum Gasteiger partial charge on any atom is -0.506 e. The van der Waals surface area contributed by atoms with E-state index in [1.165, 1.54) is 12.4 Å². The lowest BCUT2D eigenvalue weighted by atomic mass is 10.2. The number of amides is 1. The van der Waals surface area contributed by atoms with Gasteiger partial charge in [-0.25, -0.2) is 5.43 Å². The Morgan fingerprint density at radius 2 is 2.05 bits per heavy atom. The second kappa shape index (κ2) is 6.62. The van der Waals surface area contributed by atoms with Crippen LogP contribution in [0, 0.1) is 0 Å². The molecule has 0 aliphatic heterocycles. The van der Waals surface area contributed by atoms with Gasteiger partial charge < -0.3 is 5.11 Å². The summed E-state index contributed by atoms with van der Waals surface area (Å²) in [5, 5.41) is 13.4. The lowest BCUT2D eigenvalue weighted by Crippen LogP contribution is -2.17. The van der Waals surface area contributed by atoms with Crippen LogP contribution in [0.15, 0.2) is 50.7 Å². The van der Waals surface area contributed by atoms with Gasteiger partial charge in [-0.3, -0.25) is 9.78 Å². The van der Waals surface area contributed by atoms with Gasteiger partial charge in [0.15, 0.2) is 0 Å². The highest BCUT2D eigenvalue weighted by atomic mass is 79.9. The second-order valence-electron chi connectivity index (χ2n) is 3.77. The number of aromatic hydroxyl groups is 1. The topological polar surface area (TPSA) is 74.6 Å². The van der Waals surface area contributed by atoms with E-state index in [4.69, 9.17) is 0 Å². The number of hydrogen-bond donors (Lipinski definition) is 2. The van der Waals surface area contributed by atoms with Crippen LogP contribution < -0.4 is 5.43 Å². The fourth-order valence-corrected chi connectivity index (χ4v) is 2.61. The van der Waals surface area contributed by atoms with Gasteiger partial charge in [-0.1, -0.05) is 0 Å².